The molecule has 0 aliphatic rings. The van der Waals surface area contributed by atoms with Gasteiger partial charge in [-0.05, 0) is 19.1 Å². The van der Waals surface area contributed by atoms with Gasteiger partial charge in [-0.25, -0.2) is 4.98 Å². The van der Waals surface area contributed by atoms with Crippen LogP contribution in [0.15, 0.2) is 35.2 Å². The average Bonchev–Trinajstić information content (AvgIpc) is 2.94. The second-order valence-electron chi connectivity index (χ2n) is 4.31. The van der Waals surface area contributed by atoms with Crippen molar-refractivity contribution in [3.05, 3.63) is 46.4 Å². The van der Waals surface area contributed by atoms with E-state index in [-0.39, 0.29) is 18.9 Å². The average molecular weight is 290 g/mol. The van der Waals surface area contributed by atoms with Crippen molar-refractivity contribution in [1.29, 1.82) is 0 Å². The number of hydrogen-bond acceptors (Lipinski definition) is 4. The molecule has 0 saturated carbocycles. The van der Waals surface area contributed by atoms with Crippen LogP contribution in [0.1, 0.15) is 22.5 Å². The number of carbonyl (C=O) groups is 2. The minimum Gasteiger partial charge on any atom is -0.481 e. The van der Waals surface area contributed by atoms with Crippen molar-refractivity contribution in [1.82, 2.24) is 4.98 Å². The van der Waals surface area contributed by atoms with E-state index in [0.717, 1.165) is 5.56 Å². The van der Waals surface area contributed by atoms with Crippen LogP contribution in [0.2, 0.25) is 0 Å². The van der Waals surface area contributed by atoms with Gasteiger partial charge in [0.15, 0.2) is 0 Å². The zero-order valence-corrected chi connectivity index (χ0v) is 11.8. The lowest BCUT2D eigenvalue weighted by Crippen LogP contribution is -2.33. The molecular formula is C14H14N2O3S. The number of benzene rings is 1. The standard InChI is InChI=1S/C14H14N2O3S/c1-10-2-4-11(5-3-10)16(7-6-13(17)18)14(19)12-8-20-9-15-12/h2-5,8-9H,6-7H2,1H3,(H,17,18). The second-order valence-corrected chi connectivity index (χ2v) is 5.03. The summed E-state index contributed by atoms with van der Waals surface area (Å²) < 4.78 is 0. The van der Waals surface area contributed by atoms with Crippen LogP contribution in [0.3, 0.4) is 0 Å². The van der Waals surface area contributed by atoms with E-state index < -0.39 is 5.97 Å². The number of aromatic nitrogens is 1. The van der Waals surface area contributed by atoms with Crippen LogP contribution in [0.25, 0.3) is 0 Å². The highest BCUT2D eigenvalue weighted by atomic mass is 32.1. The molecule has 2 rings (SSSR count). The summed E-state index contributed by atoms with van der Waals surface area (Å²) in [4.78, 5) is 28.6. The van der Waals surface area contributed by atoms with E-state index in [1.165, 1.54) is 16.2 Å². The van der Waals surface area contributed by atoms with Gasteiger partial charge in [-0.1, -0.05) is 17.7 Å². The van der Waals surface area contributed by atoms with Crippen molar-refractivity contribution in [2.24, 2.45) is 0 Å². The predicted molar refractivity (Wildman–Crippen MR) is 77.2 cm³/mol. The number of thiazole rings is 1. The van der Waals surface area contributed by atoms with Gasteiger partial charge >= 0.3 is 5.97 Å². The number of nitrogens with zero attached hydrogens (tertiary/aromatic N) is 2. The molecule has 1 amide bonds. The Morgan fingerprint density at radius 1 is 1.30 bits per heavy atom. The Morgan fingerprint density at radius 2 is 2.00 bits per heavy atom. The van der Waals surface area contributed by atoms with Crippen LogP contribution in [-0.4, -0.2) is 28.5 Å². The smallest absolute Gasteiger partial charge is 0.305 e. The molecule has 0 unspecified atom stereocenters. The maximum Gasteiger partial charge on any atom is 0.305 e. The Balaban J connectivity index is 2.26. The molecule has 6 heteroatoms. The summed E-state index contributed by atoms with van der Waals surface area (Å²) >= 11 is 1.33. The van der Waals surface area contributed by atoms with Gasteiger partial charge in [0.05, 0.1) is 11.9 Å². The van der Waals surface area contributed by atoms with Crippen molar-refractivity contribution in [2.75, 3.05) is 11.4 Å². The van der Waals surface area contributed by atoms with Gasteiger partial charge in [-0.3, -0.25) is 9.59 Å². The summed E-state index contributed by atoms with van der Waals surface area (Å²) in [7, 11) is 0. The van der Waals surface area contributed by atoms with Gasteiger partial charge in [0.1, 0.15) is 5.69 Å². The lowest BCUT2D eigenvalue weighted by atomic mass is 10.2. The van der Waals surface area contributed by atoms with Crippen LogP contribution < -0.4 is 4.90 Å². The normalized spacial score (nSPS) is 10.2. The van der Waals surface area contributed by atoms with E-state index in [2.05, 4.69) is 4.98 Å². The Hall–Kier alpha value is -2.21. The Labute approximate surface area is 120 Å². The molecular weight excluding hydrogens is 276 g/mol. The summed E-state index contributed by atoms with van der Waals surface area (Å²) in [5.74, 6) is -1.22. The zero-order chi connectivity index (χ0) is 14.5. The number of amides is 1. The molecule has 0 aliphatic carbocycles. The maximum atomic E-state index is 12.4. The molecule has 1 N–H and O–H groups in total. The lowest BCUT2D eigenvalue weighted by molar-refractivity contribution is -0.136. The van der Waals surface area contributed by atoms with E-state index >= 15 is 0 Å². The van der Waals surface area contributed by atoms with E-state index in [0.29, 0.717) is 11.4 Å². The van der Waals surface area contributed by atoms with Gasteiger partial charge in [0, 0.05) is 17.6 Å². The second kappa shape index (κ2) is 6.29. The molecule has 1 aromatic heterocycles. The van der Waals surface area contributed by atoms with Crippen LogP contribution in [0, 0.1) is 6.92 Å². The molecule has 1 heterocycles. The Morgan fingerprint density at radius 3 is 2.55 bits per heavy atom. The van der Waals surface area contributed by atoms with Crippen molar-refractivity contribution in [3.8, 4) is 0 Å². The van der Waals surface area contributed by atoms with Crippen LogP contribution in [-0.2, 0) is 4.79 Å². The minimum atomic E-state index is -0.937. The molecule has 5 nitrogen and oxygen atoms in total. The van der Waals surface area contributed by atoms with Crippen molar-refractivity contribution in [2.45, 2.75) is 13.3 Å². The number of anilines is 1. The van der Waals surface area contributed by atoms with Gasteiger partial charge in [0.25, 0.3) is 5.91 Å². The fourth-order valence-electron chi connectivity index (χ4n) is 1.74. The first kappa shape index (κ1) is 14.2. The van der Waals surface area contributed by atoms with Crippen molar-refractivity contribution in [3.63, 3.8) is 0 Å². The van der Waals surface area contributed by atoms with Gasteiger partial charge in [-0.15, -0.1) is 11.3 Å². The number of aliphatic carboxylic acids is 1. The molecule has 0 atom stereocenters. The summed E-state index contributed by atoms with van der Waals surface area (Å²) in [6, 6.07) is 7.39. The Bertz CT molecular complexity index is 593. The molecule has 20 heavy (non-hydrogen) atoms. The first-order chi connectivity index (χ1) is 9.58. The highest BCUT2D eigenvalue weighted by molar-refractivity contribution is 7.07. The molecule has 0 fully saturated rings. The molecule has 0 aliphatic heterocycles. The fourth-order valence-corrected chi connectivity index (χ4v) is 2.26. The SMILES string of the molecule is Cc1ccc(N(CCC(=O)O)C(=O)c2cscn2)cc1. The molecule has 1 aromatic carbocycles. The number of rotatable bonds is 5. The molecule has 0 saturated heterocycles. The van der Waals surface area contributed by atoms with E-state index in [1.807, 2.05) is 19.1 Å². The van der Waals surface area contributed by atoms with Crippen LogP contribution in [0.4, 0.5) is 5.69 Å². The quantitative estimate of drug-likeness (QED) is 0.918. The third-order valence-corrected chi connectivity index (χ3v) is 3.38. The van der Waals surface area contributed by atoms with Crippen LogP contribution in [0.5, 0.6) is 0 Å². The first-order valence-electron chi connectivity index (χ1n) is 6.06. The number of carbonyl (C=O) groups excluding carboxylic acids is 1. The van der Waals surface area contributed by atoms with Crippen LogP contribution >= 0.6 is 11.3 Å². The third-order valence-electron chi connectivity index (χ3n) is 2.79. The van der Waals surface area contributed by atoms with E-state index in [4.69, 9.17) is 5.11 Å². The molecule has 0 spiro atoms. The number of carboxylic acid groups (broad SMARTS) is 1. The summed E-state index contributed by atoms with van der Waals surface area (Å²) in [5, 5.41) is 10.5. The summed E-state index contributed by atoms with van der Waals surface area (Å²) in [6.45, 7) is 2.07. The van der Waals surface area contributed by atoms with Gasteiger partial charge < -0.3 is 10.0 Å². The largest absolute Gasteiger partial charge is 0.481 e. The fraction of sp³-hybridized carbons (Fsp3) is 0.214. The molecule has 0 radical (unpaired) electrons. The Kier molecular flexibility index (Phi) is 4.47. The number of carboxylic acids is 1. The topological polar surface area (TPSA) is 70.5 Å². The van der Waals surface area contributed by atoms with Crippen molar-refractivity contribution >= 4 is 28.9 Å². The predicted octanol–water partition coefficient (Wildman–Crippen LogP) is 2.57. The lowest BCUT2D eigenvalue weighted by Gasteiger charge is -2.21. The van der Waals surface area contributed by atoms with E-state index in [9.17, 15) is 9.59 Å². The highest BCUT2D eigenvalue weighted by Crippen LogP contribution is 2.18. The summed E-state index contributed by atoms with van der Waals surface area (Å²) in [5.41, 5.74) is 3.67. The minimum absolute atomic E-state index is 0.107. The monoisotopic (exact) mass is 290 g/mol. The first-order valence-corrected chi connectivity index (χ1v) is 7.00. The zero-order valence-electron chi connectivity index (χ0n) is 10.9. The van der Waals surface area contributed by atoms with Gasteiger partial charge in [0.2, 0.25) is 0 Å². The summed E-state index contributed by atoms with van der Waals surface area (Å²) in [6.07, 6.45) is -0.107. The maximum absolute atomic E-state index is 12.4. The molecule has 2 aromatic rings. The number of hydrogen-bond donors (Lipinski definition) is 1. The number of aryl methyl sites for hydroxylation is 1. The molecule has 0 bridgehead atoms. The van der Waals surface area contributed by atoms with Gasteiger partial charge in [-0.2, -0.15) is 0 Å². The van der Waals surface area contributed by atoms with E-state index in [1.54, 1.807) is 23.0 Å². The van der Waals surface area contributed by atoms with Crippen molar-refractivity contribution < 1.29 is 14.7 Å². The molecule has 104 valence electrons. The highest BCUT2D eigenvalue weighted by Gasteiger charge is 2.20. The third kappa shape index (κ3) is 3.42.